The van der Waals surface area contributed by atoms with Crippen molar-refractivity contribution >= 4 is 17.7 Å². The minimum absolute atomic E-state index is 0.141. The molecular weight excluding hydrogens is 318 g/mol. The van der Waals surface area contributed by atoms with Crippen molar-refractivity contribution in [3.63, 3.8) is 0 Å². The number of carbonyl (C=O) groups excluding carboxylic acids is 1. The van der Waals surface area contributed by atoms with Crippen molar-refractivity contribution in [3.8, 4) is 0 Å². The molecule has 1 amide bonds. The van der Waals surface area contributed by atoms with Crippen molar-refractivity contribution in [1.29, 1.82) is 0 Å². The van der Waals surface area contributed by atoms with Gasteiger partial charge in [-0.25, -0.2) is 0 Å². The maximum Gasteiger partial charge on any atom is 0.223 e. The Morgan fingerprint density at radius 1 is 1.08 bits per heavy atom. The lowest BCUT2D eigenvalue weighted by atomic mass is 9.93. The molecule has 1 saturated heterocycles. The maximum atomic E-state index is 12.4. The lowest BCUT2D eigenvalue weighted by Crippen LogP contribution is -2.34. The monoisotopic (exact) mass is 341 g/mol. The summed E-state index contributed by atoms with van der Waals surface area (Å²) in [4.78, 5) is 14.2. The first-order chi connectivity index (χ1) is 11.7. The van der Waals surface area contributed by atoms with E-state index in [9.17, 15) is 9.90 Å². The smallest absolute Gasteiger partial charge is 0.223 e. The average molecular weight is 341 g/mol. The Hall–Kier alpha value is -1.78. The average Bonchev–Trinajstić information content (AvgIpc) is 3.04. The molecule has 2 aromatic carbocycles. The second-order valence-electron chi connectivity index (χ2n) is 6.25. The largest absolute Gasteiger partial charge is 0.383 e. The molecule has 1 aliphatic rings. The zero-order chi connectivity index (χ0) is 16.8. The van der Waals surface area contributed by atoms with Crippen LogP contribution < -0.4 is 0 Å². The van der Waals surface area contributed by atoms with Gasteiger partial charge in [-0.05, 0) is 17.5 Å². The molecule has 4 heteroatoms. The zero-order valence-electron chi connectivity index (χ0n) is 13.7. The van der Waals surface area contributed by atoms with Crippen LogP contribution in [0.1, 0.15) is 24.0 Å². The van der Waals surface area contributed by atoms with Crippen LogP contribution >= 0.6 is 11.8 Å². The molecule has 1 heterocycles. The highest BCUT2D eigenvalue weighted by atomic mass is 32.2. The van der Waals surface area contributed by atoms with Gasteiger partial charge >= 0.3 is 0 Å². The molecule has 0 spiro atoms. The highest BCUT2D eigenvalue weighted by Gasteiger charge is 2.39. The van der Waals surface area contributed by atoms with E-state index in [0.29, 0.717) is 25.9 Å². The third-order valence-electron chi connectivity index (χ3n) is 4.48. The van der Waals surface area contributed by atoms with E-state index in [4.69, 9.17) is 0 Å². The number of likely N-dealkylation sites (tertiary alicyclic amines) is 1. The molecule has 1 aliphatic heterocycles. The molecule has 1 N–H and O–H groups in total. The van der Waals surface area contributed by atoms with Crippen molar-refractivity contribution in [2.75, 3.05) is 18.8 Å². The molecule has 2 aromatic rings. The van der Waals surface area contributed by atoms with E-state index in [1.54, 1.807) is 16.7 Å². The summed E-state index contributed by atoms with van der Waals surface area (Å²) < 4.78 is 0. The standard InChI is InChI=1S/C20H23NO2S/c22-19(11-14-24-15-17-7-3-1-4-8-17)21-13-12-20(23,16-21)18-9-5-2-6-10-18/h1-10,23H,11-16H2. The van der Waals surface area contributed by atoms with Gasteiger partial charge < -0.3 is 10.0 Å². The number of amides is 1. The van der Waals surface area contributed by atoms with Crippen LogP contribution in [-0.4, -0.2) is 34.8 Å². The number of aliphatic hydroxyl groups is 1. The summed E-state index contributed by atoms with van der Waals surface area (Å²) in [5.41, 5.74) is 1.29. The molecule has 0 aromatic heterocycles. The van der Waals surface area contributed by atoms with Crippen LogP contribution in [0.5, 0.6) is 0 Å². The number of hydrogen-bond acceptors (Lipinski definition) is 3. The SMILES string of the molecule is O=C(CCSCc1ccccc1)N1CCC(O)(c2ccccc2)C1. The summed E-state index contributed by atoms with van der Waals surface area (Å²) in [6.07, 6.45) is 1.14. The molecule has 0 saturated carbocycles. The molecule has 24 heavy (non-hydrogen) atoms. The molecule has 1 fully saturated rings. The van der Waals surface area contributed by atoms with Gasteiger partial charge in [0.1, 0.15) is 5.60 Å². The summed E-state index contributed by atoms with van der Waals surface area (Å²) in [7, 11) is 0. The van der Waals surface area contributed by atoms with Crippen LogP contribution in [0.4, 0.5) is 0 Å². The predicted molar refractivity (Wildman–Crippen MR) is 98.8 cm³/mol. The highest BCUT2D eigenvalue weighted by Crippen LogP contribution is 2.32. The van der Waals surface area contributed by atoms with E-state index >= 15 is 0 Å². The molecule has 0 aliphatic carbocycles. The second kappa shape index (κ2) is 7.86. The minimum atomic E-state index is -0.895. The van der Waals surface area contributed by atoms with Gasteiger partial charge in [0, 0.05) is 24.5 Å². The summed E-state index contributed by atoms with van der Waals surface area (Å²) in [5, 5.41) is 10.8. The van der Waals surface area contributed by atoms with Crippen LogP contribution in [0.2, 0.25) is 0 Å². The zero-order valence-corrected chi connectivity index (χ0v) is 14.5. The van der Waals surface area contributed by atoms with E-state index in [2.05, 4.69) is 12.1 Å². The molecule has 126 valence electrons. The number of nitrogens with zero attached hydrogens (tertiary/aromatic N) is 1. The first-order valence-corrected chi connectivity index (χ1v) is 9.50. The Bertz CT molecular complexity index is 662. The number of β-amino-alcohol motifs (C(OH)–C–C–N with tert-alkyl or cyclic N) is 1. The number of thioether (sulfide) groups is 1. The van der Waals surface area contributed by atoms with Crippen LogP contribution in [0.25, 0.3) is 0 Å². The van der Waals surface area contributed by atoms with E-state index < -0.39 is 5.60 Å². The van der Waals surface area contributed by atoms with Gasteiger partial charge in [-0.2, -0.15) is 11.8 Å². The molecule has 1 atom stereocenters. The van der Waals surface area contributed by atoms with Gasteiger partial charge in [0.15, 0.2) is 0 Å². The molecule has 3 nitrogen and oxygen atoms in total. The summed E-state index contributed by atoms with van der Waals surface area (Å²) in [5.74, 6) is 1.89. The first-order valence-electron chi connectivity index (χ1n) is 8.35. The van der Waals surface area contributed by atoms with Crippen LogP contribution in [0, 0.1) is 0 Å². The Kier molecular flexibility index (Phi) is 5.59. The lowest BCUT2D eigenvalue weighted by Gasteiger charge is -2.24. The third kappa shape index (κ3) is 4.19. The van der Waals surface area contributed by atoms with Crippen molar-refractivity contribution in [2.45, 2.75) is 24.2 Å². The van der Waals surface area contributed by atoms with Crippen LogP contribution in [-0.2, 0) is 16.1 Å². The second-order valence-corrected chi connectivity index (χ2v) is 7.36. The highest BCUT2D eigenvalue weighted by molar-refractivity contribution is 7.98. The Labute approximate surface area is 147 Å². The number of hydrogen-bond donors (Lipinski definition) is 1. The van der Waals surface area contributed by atoms with Crippen molar-refractivity contribution in [2.24, 2.45) is 0 Å². The molecule has 3 rings (SSSR count). The summed E-state index contributed by atoms with van der Waals surface area (Å²) in [6, 6.07) is 20.0. The lowest BCUT2D eigenvalue weighted by molar-refractivity contribution is -0.130. The molecule has 0 bridgehead atoms. The van der Waals surface area contributed by atoms with E-state index in [-0.39, 0.29) is 5.91 Å². The van der Waals surface area contributed by atoms with E-state index in [0.717, 1.165) is 17.1 Å². The molecule has 1 unspecified atom stereocenters. The van der Waals surface area contributed by atoms with Gasteiger partial charge in [0.2, 0.25) is 5.91 Å². The number of carbonyl (C=O) groups is 1. The third-order valence-corrected chi connectivity index (χ3v) is 5.51. The first kappa shape index (κ1) is 17.1. The topological polar surface area (TPSA) is 40.5 Å². The summed E-state index contributed by atoms with van der Waals surface area (Å²) in [6.45, 7) is 1.03. The van der Waals surface area contributed by atoms with Crippen molar-refractivity contribution < 1.29 is 9.90 Å². The minimum Gasteiger partial charge on any atom is -0.383 e. The van der Waals surface area contributed by atoms with E-state index in [1.165, 1.54) is 5.56 Å². The fraction of sp³-hybridized carbons (Fsp3) is 0.350. The molecular formula is C20H23NO2S. The predicted octanol–water partition coefficient (Wildman–Crippen LogP) is 3.43. The van der Waals surface area contributed by atoms with Crippen molar-refractivity contribution in [3.05, 3.63) is 71.8 Å². The quantitative estimate of drug-likeness (QED) is 0.819. The normalized spacial score (nSPS) is 20.3. The van der Waals surface area contributed by atoms with Gasteiger partial charge in [0.05, 0.1) is 6.54 Å². The maximum absolute atomic E-state index is 12.4. The fourth-order valence-electron chi connectivity index (χ4n) is 3.07. The van der Waals surface area contributed by atoms with Crippen LogP contribution in [0.15, 0.2) is 60.7 Å². The van der Waals surface area contributed by atoms with Crippen LogP contribution in [0.3, 0.4) is 0 Å². The van der Waals surface area contributed by atoms with Gasteiger partial charge in [0.25, 0.3) is 0 Å². The molecule has 0 radical (unpaired) electrons. The van der Waals surface area contributed by atoms with Crippen molar-refractivity contribution in [1.82, 2.24) is 4.90 Å². The Morgan fingerprint density at radius 3 is 2.46 bits per heavy atom. The Morgan fingerprint density at radius 2 is 1.75 bits per heavy atom. The van der Waals surface area contributed by atoms with Gasteiger partial charge in [-0.15, -0.1) is 0 Å². The number of rotatable bonds is 6. The van der Waals surface area contributed by atoms with E-state index in [1.807, 2.05) is 48.5 Å². The van der Waals surface area contributed by atoms with Gasteiger partial charge in [-0.3, -0.25) is 4.79 Å². The number of benzene rings is 2. The van der Waals surface area contributed by atoms with Gasteiger partial charge in [-0.1, -0.05) is 60.7 Å². The summed E-state index contributed by atoms with van der Waals surface area (Å²) >= 11 is 1.78. The fourth-order valence-corrected chi connectivity index (χ4v) is 3.96. The Balaban J connectivity index is 1.45.